The summed E-state index contributed by atoms with van der Waals surface area (Å²) < 4.78 is 5.55. The molecule has 2 rings (SSSR count). The SMILES string of the molecule is CN(CC(=O)O)C(=O)/C=C/C1=Cc2cc(Cl)ccc2OC1. The van der Waals surface area contributed by atoms with Crippen LogP contribution in [0.3, 0.4) is 0 Å². The van der Waals surface area contributed by atoms with E-state index in [9.17, 15) is 9.59 Å². The second kappa shape index (κ2) is 6.45. The number of nitrogens with zero attached hydrogens (tertiary/aromatic N) is 1. The van der Waals surface area contributed by atoms with Crippen LogP contribution in [-0.2, 0) is 9.59 Å². The zero-order chi connectivity index (χ0) is 15.4. The molecule has 0 saturated heterocycles. The minimum atomic E-state index is -1.05. The lowest BCUT2D eigenvalue weighted by molar-refractivity contribution is -0.141. The third-order valence-electron chi connectivity index (χ3n) is 2.90. The molecule has 1 aliphatic heterocycles. The highest BCUT2D eigenvalue weighted by molar-refractivity contribution is 6.30. The van der Waals surface area contributed by atoms with E-state index in [2.05, 4.69) is 0 Å². The number of carbonyl (C=O) groups is 2. The van der Waals surface area contributed by atoms with Crippen molar-refractivity contribution in [2.75, 3.05) is 20.2 Å². The van der Waals surface area contributed by atoms with E-state index in [1.54, 1.807) is 24.3 Å². The van der Waals surface area contributed by atoms with E-state index in [-0.39, 0.29) is 12.5 Å². The summed E-state index contributed by atoms with van der Waals surface area (Å²) in [6, 6.07) is 5.32. The maximum Gasteiger partial charge on any atom is 0.323 e. The number of hydrogen-bond donors (Lipinski definition) is 1. The van der Waals surface area contributed by atoms with Crippen molar-refractivity contribution in [3.8, 4) is 5.75 Å². The topological polar surface area (TPSA) is 66.8 Å². The predicted molar refractivity (Wildman–Crippen MR) is 79.3 cm³/mol. The highest BCUT2D eigenvalue weighted by Gasteiger charge is 2.12. The minimum absolute atomic E-state index is 0.336. The summed E-state index contributed by atoms with van der Waals surface area (Å²) in [5, 5.41) is 9.23. The van der Waals surface area contributed by atoms with Gasteiger partial charge in [0.2, 0.25) is 5.91 Å². The number of aliphatic carboxylic acids is 1. The fraction of sp³-hybridized carbons (Fsp3) is 0.200. The Hall–Kier alpha value is -2.27. The molecule has 0 atom stereocenters. The van der Waals surface area contributed by atoms with Crippen molar-refractivity contribution >= 4 is 29.6 Å². The van der Waals surface area contributed by atoms with Crippen molar-refractivity contribution in [1.82, 2.24) is 4.90 Å². The number of fused-ring (bicyclic) bond motifs is 1. The molecule has 21 heavy (non-hydrogen) atoms. The summed E-state index contributed by atoms with van der Waals surface area (Å²) in [6.45, 7) is 0.0121. The number of carboxylic acid groups (broad SMARTS) is 1. The maximum absolute atomic E-state index is 11.7. The molecule has 0 bridgehead atoms. The molecule has 5 nitrogen and oxygen atoms in total. The Bertz CT molecular complexity index is 637. The van der Waals surface area contributed by atoms with Gasteiger partial charge >= 0.3 is 5.97 Å². The molecule has 1 amide bonds. The van der Waals surface area contributed by atoms with E-state index in [1.165, 1.54) is 13.1 Å². The van der Waals surface area contributed by atoms with E-state index in [0.717, 1.165) is 21.8 Å². The molecule has 0 saturated carbocycles. The molecule has 1 aromatic carbocycles. The number of carboxylic acids is 1. The number of amides is 1. The maximum atomic E-state index is 11.7. The van der Waals surface area contributed by atoms with Gasteiger partial charge in [0.15, 0.2) is 0 Å². The molecular formula is C15H14ClNO4. The Balaban J connectivity index is 2.08. The summed E-state index contributed by atoms with van der Waals surface area (Å²) in [7, 11) is 1.43. The lowest BCUT2D eigenvalue weighted by Crippen LogP contribution is -2.30. The number of benzene rings is 1. The average molecular weight is 308 g/mol. The van der Waals surface area contributed by atoms with Crippen LogP contribution in [0.15, 0.2) is 35.9 Å². The quantitative estimate of drug-likeness (QED) is 0.866. The molecule has 0 radical (unpaired) electrons. The van der Waals surface area contributed by atoms with Crippen LogP contribution in [0, 0.1) is 0 Å². The Morgan fingerprint density at radius 1 is 1.48 bits per heavy atom. The predicted octanol–water partition coefficient (Wildman–Crippen LogP) is 2.21. The van der Waals surface area contributed by atoms with E-state index < -0.39 is 5.97 Å². The normalized spacial score (nSPS) is 13.3. The zero-order valence-electron chi connectivity index (χ0n) is 11.4. The summed E-state index contributed by atoms with van der Waals surface area (Å²) >= 11 is 5.92. The summed E-state index contributed by atoms with van der Waals surface area (Å²) in [4.78, 5) is 23.4. The number of likely N-dealkylation sites (N-methyl/N-ethyl adjacent to an activating group) is 1. The van der Waals surface area contributed by atoms with E-state index in [1.807, 2.05) is 6.08 Å². The van der Waals surface area contributed by atoms with Gasteiger partial charge in [-0.1, -0.05) is 17.7 Å². The van der Waals surface area contributed by atoms with Crippen LogP contribution in [0.2, 0.25) is 5.02 Å². The van der Waals surface area contributed by atoms with Gasteiger partial charge in [0, 0.05) is 23.7 Å². The molecule has 0 unspecified atom stereocenters. The summed E-state index contributed by atoms with van der Waals surface area (Å²) in [6.07, 6.45) is 4.82. The highest BCUT2D eigenvalue weighted by Crippen LogP contribution is 2.29. The third kappa shape index (κ3) is 4.10. The standard InChI is InChI=1S/C15H14ClNO4/c1-17(8-15(19)20)14(18)5-2-10-6-11-7-12(16)3-4-13(11)21-9-10/h2-7H,8-9H2,1H3,(H,19,20)/b5-2+. The van der Waals surface area contributed by atoms with Crippen molar-refractivity contribution in [1.29, 1.82) is 0 Å². The molecule has 1 aromatic rings. The van der Waals surface area contributed by atoms with Crippen molar-refractivity contribution in [2.45, 2.75) is 0 Å². The number of rotatable bonds is 4. The molecule has 0 fully saturated rings. The van der Waals surface area contributed by atoms with Crippen LogP contribution in [0.1, 0.15) is 5.56 Å². The van der Waals surface area contributed by atoms with Crippen LogP contribution in [-0.4, -0.2) is 42.1 Å². The Labute approximate surface area is 127 Å². The van der Waals surface area contributed by atoms with Gasteiger partial charge < -0.3 is 14.7 Å². The largest absolute Gasteiger partial charge is 0.488 e. The first-order chi connectivity index (χ1) is 9.95. The Morgan fingerprint density at radius 2 is 2.24 bits per heavy atom. The molecule has 110 valence electrons. The number of carbonyl (C=O) groups excluding carboxylic acids is 1. The summed E-state index contributed by atoms with van der Waals surface area (Å²) in [5.74, 6) is -0.691. The molecule has 0 aromatic heterocycles. The van der Waals surface area contributed by atoms with Crippen LogP contribution in [0.4, 0.5) is 0 Å². The average Bonchev–Trinajstić information content (AvgIpc) is 2.43. The van der Waals surface area contributed by atoms with Crippen LogP contribution < -0.4 is 4.74 Å². The van der Waals surface area contributed by atoms with E-state index in [0.29, 0.717) is 11.6 Å². The molecule has 1 heterocycles. The first kappa shape index (κ1) is 15.1. The molecule has 1 aliphatic rings. The third-order valence-corrected chi connectivity index (χ3v) is 3.13. The molecule has 1 N–H and O–H groups in total. The van der Waals surface area contributed by atoms with Crippen LogP contribution in [0.5, 0.6) is 5.75 Å². The fourth-order valence-electron chi connectivity index (χ4n) is 1.85. The smallest absolute Gasteiger partial charge is 0.323 e. The highest BCUT2D eigenvalue weighted by atomic mass is 35.5. The first-order valence-corrected chi connectivity index (χ1v) is 6.61. The lowest BCUT2D eigenvalue weighted by atomic mass is 10.1. The molecular weight excluding hydrogens is 294 g/mol. The van der Waals surface area contributed by atoms with Crippen LogP contribution in [0.25, 0.3) is 6.08 Å². The zero-order valence-corrected chi connectivity index (χ0v) is 12.1. The molecule has 6 heteroatoms. The van der Waals surface area contributed by atoms with Gasteiger partial charge in [0.25, 0.3) is 0 Å². The van der Waals surface area contributed by atoms with Gasteiger partial charge in [0.05, 0.1) is 0 Å². The fourth-order valence-corrected chi connectivity index (χ4v) is 2.03. The van der Waals surface area contributed by atoms with Crippen molar-refractivity contribution in [2.24, 2.45) is 0 Å². The van der Waals surface area contributed by atoms with Gasteiger partial charge in [-0.15, -0.1) is 0 Å². The number of ether oxygens (including phenoxy) is 1. The van der Waals surface area contributed by atoms with Gasteiger partial charge in [0.1, 0.15) is 18.9 Å². The van der Waals surface area contributed by atoms with Gasteiger partial charge in [-0.3, -0.25) is 9.59 Å². The van der Waals surface area contributed by atoms with Crippen molar-refractivity contribution in [3.05, 3.63) is 46.5 Å². The first-order valence-electron chi connectivity index (χ1n) is 6.23. The van der Waals surface area contributed by atoms with Crippen molar-refractivity contribution in [3.63, 3.8) is 0 Å². The Morgan fingerprint density at radius 3 is 2.95 bits per heavy atom. The van der Waals surface area contributed by atoms with Gasteiger partial charge in [-0.25, -0.2) is 0 Å². The van der Waals surface area contributed by atoms with Crippen LogP contribution >= 0.6 is 11.6 Å². The van der Waals surface area contributed by atoms with E-state index in [4.69, 9.17) is 21.4 Å². The lowest BCUT2D eigenvalue weighted by Gasteiger charge is -2.16. The molecule has 0 aliphatic carbocycles. The second-order valence-corrected chi connectivity index (χ2v) is 5.05. The van der Waals surface area contributed by atoms with Gasteiger partial charge in [-0.05, 0) is 29.8 Å². The minimum Gasteiger partial charge on any atom is -0.488 e. The number of hydrogen-bond acceptors (Lipinski definition) is 3. The van der Waals surface area contributed by atoms with Gasteiger partial charge in [-0.2, -0.15) is 0 Å². The van der Waals surface area contributed by atoms with Crippen molar-refractivity contribution < 1.29 is 19.4 Å². The molecule has 0 spiro atoms. The summed E-state index contributed by atoms with van der Waals surface area (Å²) in [5.41, 5.74) is 1.65. The monoisotopic (exact) mass is 307 g/mol. The second-order valence-electron chi connectivity index (χ2n) is 4.61. The number of halogens is 1. The Kier molecular flexibility index (Phi) is 4.65. The van der Waals surface area contributed by atoms with E-state index >= 15 is 0 Å².